The number of aliphatic hydroxyl groups is 1. The lowest BCUT2D eigenvalue weighted by Gasteiger charge is -2.12. The fourth-order valence-corrected chi connectivity index (χ4v) is 4.66. The van der Waals surface area contributed by atoms with Gasteiger partial charge in [0.15, 0.2) is 5.78 Å². The van der Waals surface area contributed by atoms with E-state index in [-0.39, 0.29) is 18.6 Å². The van der Waals surface area contributed by atoms with E-state index in [1.165, 1.54) is 0 Å². The predicted molar refractivity (Wildman–Crippen MR) is 132 cm³/mol. The molecule has 0 bridgehead atoms. The van der Waals surface area contributed by atoms with Crippen molar-refractivity contribution < 1.29 is 19.8 Å². The summed E-state index contributed by atoms with van der Waals surface area (Å²) in [4.78, 5) is 23.9. The second-order valence-corrected chi connectivity index (χ2v) is 9.26. The molecular formula is C26H29Cl2NO4. The molecule has 0 aliphatic heterocycles. The molecule has 2 aromatic carbocycles. The molecule has 0 aliphatic carbocycles. The average Bonchev–Trinajstić information content (AvgIpc) is 3.04. The van der Waals surface area contributed by atoms with Gasteiger partial charge in [-0.1, -0.05) is 48.2 Å². The van der Waals surface area contributed by atoms with Crippen LogP contribution in [0.5, 0.6) is 0 Å². The van der Waals surface area contributed by atoms with E-state index in [0.717, 1.165) is 47.8 Å². The van der Waals surface area contributed by atoms with E-state index >= 15 is 0 Å². The van der Waals surface area contributed by atoms with Gasteiger partial charge in [0, 0.05) is 52.1 Å². The maximum atomic E-state index is 13.1. The fraction of sp³-hybridized carbons (Fsp3) is 0.385. The monoisotopic (exact) mass is 489 g/mol. The summed E-state index contributed by atoms with van der Waals surface area (Å²) in [5, 5.41) is 21.3. The Bertz CT molecular complexity index is 1140. The van der Waals surface area contributed by atoms with Crippen LogP contribution in [0, 0.1) is 0 Å². The number of carbonyl (C=O) groups is 2. The summed E-state index contributed by atoms with van der Waals surface area (Å²) >= 11 is 12.2. The summed E-state index contributed by atoms with van der Waals surface area (Å²) < 4.78 is 2.04. The minimum Gasteiger partial charge on any atom is -0.481 e. The summed E-state index contributed by atoms with van der Waals surface area (Å²) in [6.07, 6.45) is 3.93. The molecule has 1 heterocycles. The van der Waals surface area contributed by atoms with E-state index in [0.29, 0.717) is 28.5 Å². The number of fused-ring (bicyclic) bond motifs is 1. The standard InChI is InChI=1S/C26H29Cl2NO4/c1-29-21-14-13-19(28)16-20(21)26(24(31)11-6-12-25(32)33)22(29)9-3-2-4-10-23(30)17-7-5-8-18(27)15-17/h5,7-8,13-16,23,30H,2-4,6,9-12H2,1H3,(H,32,33). The quantitative estimate of drug-likeness (QED) is 0.217. The maximum Gasteiger partial charge on any atom is 0.303 e. The fourth-order valence-electron chi connectivity index (χ4n) is 4.29. The van der Waals surface area contributed by atoms with Gasteiger partial charge in [-0.25, -0.2) is 0 Å². The van der Waals surface area contributed by atoms with Gasteiger partial charge in [-0.2, -0.15) is 0 Å². The third-order valence-electron chi connectivity index (χ3n) is 5.98. The van der Waals surface area contributed by atoms with Crippen molar-refractivity contribution in [3.05, 3.63) is 69.3 Å². The number of aromatic nitrogens is 1. The summed E-state index contributed by atoms with van der Waals surface area (Å²) in [7, 11) is 1.95. The number of ketones is 1. The molecule has 33 heavy (non-hydrogen) atoms. The van der Waals surface area contributed by atoms with Crippen LogP contribution < -0.4 is 0 Å². The third kappa shape index (κ3) is 6.59. The highest BCUT2D eigenvalue weighted by Crippen LogP contribution is 2.31. The van der Waals surface area contributed by atoms with Crippen LogP contribution in [0.4, 0.5) is 0 Å². The Kier molecular flexibility index (Phi) is 8.95. The number of hydrogen-bond acceptors (Lipinski definition) is 3. The number of aliphatic carboxylic acids is 1. The lowest BCUT2D eigenvalue weighted by Crippen LogP contribution is -2.07. The van der Waals surface area contributed by atoms with Crippen molar-refractivity contribution in [1.29, 1.82) is 0 Å². The maximum absolute atomic E-state index is 13.1. The highest BCUT2D eigenvalue weighted by Gasteiger charge is 2.21. The highest BCUT2D eigenvalue weighted by molar-refractivity contribution is 6.31. The summed E-state index contributed by atoms with van der Waals surface area (Å²) in [5.41, 5.74) is 3.36. The second kappa shape index (κ2) is 11.7. The number of hydrogen-bond donors (Lipinski definition) is 2. The molecule has 1 unspecified atom stereocenters. The molecule has 0 saturated heterocycles. The molecule has 3 rings (SSSR count). The van der Waals surface area contributed by atoms with Gasteiger partial charge < -0.3 is 14.8 Å². The van der Waals surface area contributed by atoms with Crippen molar-refractivity contribution in [3.63, 3.8) is 0 Å². The summed E-state index contributed by atoms with van der Waals surface area (Å²) in [6.45, 7) is 0. The summed E-state index contributed by atoms with van der Waals surface area (Å²) in [5.74, 6) is -0.945. The van der Waals surface area contributed by atoms with Crippen LogP contribution in [0.25, 0.3) is 10.9 Å². The Labute approximate surface area is 203 Å². The number of halogens is 2. The minimum atomic E-state index is -0.899. The first-order valence-electron chi connectivity index (χ1n) is 11.2. The zero-order valence-corrected chi connectivity index (χ0v) is 20.2. The largest absolute Gasteiger partial charge is 0.481 e. The Morgan fingerprint density at radius 3 is 2.45 bits per heavy atom. The zero-order valence-electron chi connectivity index (χ0n) is 18.7. The minimum absolute atomic E-state index is 0.0262. The molecule has 7 heteroatoms. The van der Waals surface area contributed by atoms with Gasteiger partial charge in [0.25, 0.3) is 0 Å². The number of aliphatic hydroxyl groups excluding tert-OH is 1. The summed E-state index contributed by atoms with van der Waals surface area (Å²) in [6, 6.07) is 12.8. The number of nitrogens with zero attached hydrogens (tertiary/aromatic N) is 1. The van der Waals surface area contributed by atoms with E-state index in [4.69, 9.17) is 28.3 Å². The first kappa shape index (κ1) is 25.3. The lowest BCUT2D eigenvalue weighted by molar-refractivity contribution is -0.137. The number of carbonyl (C=O) groups excluding carboxylic acids is 1. The van der Waals surface area contributed by atoms with Gasteiger partial charge >= 0.3 is 5.97 Å². The molecule has 0 fully saturated rings. The molecule has 176 valence electrons. The first-order chi connectivity index (χ1) is 15.8. The molecule has 0 amide bonds. The van der Waals surface area contributed by atoms with E-state index in [1.807, 2.05) is 41.9 Å². The van der Waals surface area contributed by atoms with Gasteiger partial charge in [0.05, 0.1) is 6.10 Å². The number of rotatable bonds is 12. The van der Waals surface area contributed by atoms with E-state index < -0.39 is 12.1 Å². The van der Waals surface area contributed by atoms with Crippen molar-refractivity contribution in [2.75, 3.05) is 0 Å². The molecule has 0 saturated carbocycles. The van der Waals surface area contributed by atoms with Crippen molar-refractivity contribution in [2.24, 2.45) is 7.05 Å². The van der Waals surface area contributed by atoms with Gasteiger partial charge in [-0.15, -0.1) is 0 Å². The molecule has 0 radical (unpaired) electrons. The van der Waals surface area contributed by atoms with Crippen molar-refractivity contribution in [3.8, 4) is 0 Å². The Morgan fingerprint density at radius 2 is 1.73 bits per heavy atom. The van der Waals surface area contributed by atoms with Gasteiger partial charge in [-0.05, 0) is 61.6 Å². The first-order valence-corrected chi connectivity index (χ1v) is 12.0. The van der Waals surface area contributed by atoms with Crippen LogP contribution in [-0.4, -0.2) is 26.5 Å². The van der Waals surface area contributed by atoms with Crippen LogP contribution in [0.1, 0.15) is 72.7 Å². The molecule has 0 aliphatic rings. The van der Waals surface area contributed by atoms with Crippen LogP contribution in [0.3, 0.4) is 0 Å². The van der Waals surface area contributed by atoms with Gasteiger partial charge in [-0.3, -0.25) is 9.59 Å². The highest BCUT2D eigenvalue weighted by atomic mass is 35.5. The Hall–Kier alpha value is -2.34. The zero-order chi connectivity index (χ0) is 24.0. The van der Waals surface area contributed by atoms with E-state index in [2.05, 4.69) is 0 Å². The molecule has 0 spiro atoms. The number of Topliss-reactive ketones (excluding diaryl/α,β-unsaturated/α-hetero) is 1. The van der Waals surface area contributed by atoms with Crippen LogP contribution in [0.2, 0.25) is 10.0 Å². The number of carboxylic acid groups (broad SMARTS) is 1. The molecule has 3 aromatic rings. The SMILES string of the molecule is Cn1c(CCCCCC(O)c2cccc(Cl)c2)c(C(=O)CCCC(=O)O)c2cc(Cl)ccc21. The Balaban J connectivity index is 1.67. The van der Waals surface area contributed by atoms with Gasteiger partial charge in [0.2, 0.25) is 0 Å². The number of benzene rings is 2. The van der Waals surface area contributed by atoms with Crippen molar-refractivity contribution in [1.82, 2.24) is 4.57 Å². The van der Waals surface area contributed by atoms with Crippen LogP contribution in [-0.2, 0) is 18.3 Å². The van der Waals surface area contributed by atoms with E-state index in [9.17, 15) is 14.7 Å². The average molecular weight is 490 g/mol. The van der Waals surface area contributed by atoms with Gasteiger partial charge in [0.1, 0.15) is 0 Å². The number of carboxylic acids is 1. The van der Waals surface area contributed by atoms with Crippen LogP contribution >= 0.6 is 23.2 Å². The van der Waals surface area contributed by atoms with Crippen molar-refractivity contribution in [2.45, 2.75) is 57.5 Å². The Morgan fingerprint density at radius 1 is 0.970 bits per heavy atom. The van der Waals surface area contributed by atoms with Crippen molar-refractivity contribution >= 4 is 45.9 Å². The van der Waals surface area contributed by atoms with E-state index in [1.54, 1.807) is 12.1 Å². The molecular weight excluding hydrogens is 461 g/mol. The molecule has 5 nitrogen and oxygen atoms in total. The topological polar surface area (TPSA) is 79.5 Å². The smallest absolute Gasteiger partial charge is 0.303 e. The number of unbranched alkanes of at least 4 members (excludes halogenated alkanes) is 2. The van der Waals surface area contributed by atoms with Crippen LogP contribution in [0.15, 0.2) is 42.5 Å². The molecule has 1 aromatic heterocycles. The molecule has 2 N–H and O–H groups in total. The predicted octanol–water partition coefficient (Wildman–Crippen LogP) is 6.76. The third-order valence-corrected chi connectivity index (χ3v) is 6.45. The molecule has 1 atom stereocenters. The lowest BCUT2D eigenvalue weighted by atomic mass is 9.98. The normalized spacial score (nSPS) is 12.2. The second-order valence-electron chi connectivity index (χ2n) is 8.38. The number of aryl methyl sites for hydroxylation is 1.